The second-order valence-electron chi connectivity index (χ2n) is 6.61. The van der Waals surface area contributed by atoms with Crippen LogP contribution in [-0.4, -0.2) is 26.4 Å². The zero-order valence-corrected chi connectivity index (χ0v) is 19.6. The van der Waals surface area contributed by atoms with Gasteiger partial charge in [0.1, 0.15) is 12.4 Å². The van der Waals surface area contributed by atoms with E-state index in [0.717, 1.165) is 16.1 Å². The molecule has 1 aromatic heterocycles. The molecule has 30 heavy (non-hydrogen) atoms. The van der Waals surface area contributed by atoms with Crippen molar-refractivity contribution in [2.75, 3.05) is 11.1 Å². The lowest BCUT2D eigenvalue weighted by atomic mass is 10.1. The molecule has 1 amide bonds. The molecule has 3 rings (SSSR count). The van der Waals surface area contributed by atoms with Gasteiger partial charge in [-0.25, -0.2) is 0 Å². The molecule has 0 bridgehead atoms. The second-order valence-corrected chi connectivity index (χ2v) is 8.81. The number of aromatic nitrogens is 3. The SMILES string of the molecule is Cc1cc(OCc2nnc(SCC(=O)Nc3cc(Cl)cc(Cl)c3)n2C)cc(C)c1Cl. The van der Waals surface area contributed by atoms with Crippen LogP contribution in [0.25, 0.3) is 0 Å². The molecule has 6 nitrogen and oxygen atoms in total. The quantitative estimate of drug-likeness (QED) is 0.435. The highest BCUT2D eigenvalue weighted by Crippen LogP contribution is 2.27. The summed E-state index contributed by atoms with van der Waals surface area (Å²) in [6.45, 7) is 4.11. The molecule has 0 saturated heterocycles. The van der Waals surface area contributed by atoms with Gasteiger partial charge in [0, 0.05) is 27.8 Å². The first kappa shape index (κ1) is 22.7. The summed E-state index contributed by atoms with van der Waals surface area (Å²) in [6, 6.07) is 8.63. The fourth-order valence-electron chi connectivity index (χ4n) is 2.69. The predicted octanol–water partition coefficient (Wildman–Crippen LogP) is 5.70. The van der Waals surface area contributed by atoms with Gasteiger partial charge in [0.25, 0.3) is 0 Å². The van der Waals surface area contributed by atoms with E-state index in [1.165, 1.54) is 11.8 Å². The molecule has 10 heteroatoms. The molecule has 0 atom stereocenters. The Bertz CT molecular complexity index is 1040. The molecule has 2 aromatic carbocycles. The van der Waals surface area contributed by atoms with Crippen molar-refractivity contribution >= 4 is 58.2 Å². The second kappa shape index (κ2) is 9.92. The number of hydrogen-bond acceptors (Lipinski definition) is 5. The number of thioether (sulfide) groups is 1. The minimum atomic E-state index is -0.203. The van der Waals surface area contributed by atoms with Crippen LogP contribution in [0.2, 0.25) is 15.1 Å². The molecule has 158 valence electrons. The van der Waals surface area contributed by atoms with Crippen LogP contribution in [0, 0.1) is 13.8 Å². The van der Waals surface area contributed by atoms with E-state index in [9.17, 15) is 4.79 Å². The van der Waals surface area contributed by atoms with Crippen molar-refractivity contribution in [3.8, 4) is 5.75 Å². The monoisotopic (exact) mass is 484 g/mol. The van der Waals surface area contributed by atoms with Crippen LogP contribution in [0.4, 0.5) is 5.69 Å². The Morgan fingerprint density at radius 1 is 1.07 bits per heavy atom. The Morgan fingerprint density at radius 3 is 2.33 bits per heavy atom. The maximum atomic E-state index is 12.2. The fourth-order valence-corrected chi connectivity index (χ4v) is 4.05. The molecule has 0 aliphatic carbocycles. The van der Waals surface area contributed by atoms with Gasteiger partial charge in [-0.2, -0.15) is 0 Å². The summed E-state index contributed by atoms with van der Waals surface area (Å²) in [5, 5.41) is 13.3. The van der Waals surface area contributed by atoms with E-state index in [4.69, 9.17) is 39.5 Å². The molecule has 0 aliphatic rings. The molecule has 0 aliphatic heterocycles. The topological polar surface area (TPSA) is 69.0 Å². The Hall–Kier alpha value is -1.93. The highest BCUT2D eigenvalue weighted by molar-refractivity contribution is 7.99. The highest BCUT2D eigenvalue weighted by Gasteiger charge is 2.13. The molecule has 0 saturated carbocycles. The molecule has 3 aromatic rings. The molecule has 0 unspecified atom stereocenters. The van der Waals surface area contributed by atoms with Gasteiger partial charge >= 0.3 is 0 Å². The number of rotatable bonds is 7. The third-order valence-corrected chi connectivity index (χ3v) is 6.23. The van der Waals surface area contributed by atoms with Crippen molar-refractivity contribution in [1.82, 2.24) is 14.8 Å². The third kappa shape index (κ3) is 5.82. The summed E-state index contributed by atoms with van der Waals surface area (Å²) in [6.07, 6.45) is 0. The summed E-state index contributed by atoms with van der Waals surface area (Å²) in [5.74, 6) is 1.31. The number of benzene rings is 2. The van der Waals surface area contributed by atoms with E-state index in [2.05, 4.69) is 15.5 Å². The van der Waals surface area contributed by atoms with E-state index in [1.807, 2.05) is 33.0 Å². The zero-order valence-electron chi connectivity index (χ0n) is 16.5. The lowest BCUT2D eigenvalue weighted by Gasteiger charge is -2.10. The molecular formula is C20H19Cl3N4O2S. The van der Waals surface area contributed by atoms with Crippen molar-refractivity contribution in [3.05, 3.63) is 62.4 Å². The van der Waals surface area contributed by atoms with Gasteiger partial charge in [0.05, 0.1) is 5.75 Å². The van der Waals surface area contributed by atoms with Crippen LogP contribution < -0.4 is 10.1 Å². The average molecular weight is 486 g/mol. The Balaban J connectivity index is 1.56. The molecule has 0 radical (unpaired) electrons. The number of aryl methyl sites for hydroxylation is 2. The smallest absolute Gasteiger partial charge is 0.234 e. The summed E-state index contributed by atoms with van der Waals surface area (Å²) >= 11 is 19.4. The summed E-state index contributed by atoms with van der Waals surface area (Å²) in [4.78, 5) is 12.2. The first-order valence-electron chi connectivity index (χ1n) is 8.89. The number of nitrogens with zero attached hydrogens (tertiary/aromatic N) is 3. The Morgan fingerprint density at radius 2 is 1.70 bits per heavy atom. The number of halogens is 3. The summed E-state index contributed by atoms with van der Waals surface area (Å²) < 4.78 is 7.63. The van der Waals surface area contributed by atoms with Gasteiger partial charge in [0.2, 0.25) is 5.91 Å². The predicted molar refractivity (Wildman–Crippen MR) is 122 cm³/mol. The molecule has 0 fully saturated rings. The number of carbonyl (C=O) groups is 1. The number of ether oxygens (including phenoxy) is 1. The van der Waals surface area contributed by atoms with Gasteiger partial charge in [-0.1, -0.05) is 46.6 Å². The van der Waals surface area contributed by atoms with Crippen LogP contribution >= 0.6 is 46.6 Å². The van der Waals surface area contributed by atoms with Gasteiger partial charge in [-0.3, -0.25) is 4.79 Å². The van der Waals surface area contributed by atoms with E-state index < -0.39 is 0 Å². The molecule has 1 N–H and O–H groups in total. The standard InChI is InChI=1S/C20H19Cl3N4O2S/c1-11-4-16(5-12(2)19(11)23)29-9-17-25-26-20(27(17)3)30-10-18(28)24-15-7-13(21)6-14(22)8-15/h4-8H,9-10H2,1-3H3,(H,24,28). The van der Waals surface area contributed by atoms with Crippen LogP contribution in [0.15, 0.2) is 35.5 Å². The van der Waals surface area contributed by atoms with Crippen LogP contribution in [0.5, 0.6) is 5.75 Å². The highest BCUT2D eigenvalue weighted by atomic mass is 35.5. The molecular weight excluding hydrogens is 467 g/mol. The van der Waals surface area contributed by atoms with Crippen LogP contribution in [0.3, 0.4) is 0 Å². The minimum Gasteiger partial charge on any atom is -0.486 e. The van der Waals surface area contributed by atoms with Crippen molar-refractivity contribution in [2.24, 2.45) is 7.05 Å². The van der Waals surface area contributed by atoms with Gasteiger partial charge < -0.3 is 14.6 Å². The van der Waals surface area contributed by atoms with Crippen molar-refractivity contribution < 1.29 is 9.53 Å². The number of anilines is 1. The van der Waals surface area contributed by atoms with Crippen LogP contribution in [-0.2, 0) is 18.4 Å². The van der Waals surface area contributed by atoms with Crippen molar-refractivity contribution in [1.29, 1.82) is 0 Å². The summed E-state index contributed by atoms with van der Waals surface area (Å²) in [7, 11) is 1.83. The number of amides is 1. The number of carbonyl (C=O) groups excluding carboxylic acids is 1. The first-order valence-corrected chi connectivity index (χ1v) is 11.0. The number of hydrogen-bond donors (Lipinski definition) is 1. The first-order chi connectivity index (χ1) is 14.2. The zero-order chi connectivity index (χ0) is 21.8. The van der Waals surface area contributed by atoms with E-state index in [1.54, 1.807) is 22.8 Å². The largest absolute Gasteiger partial charge is 0.486 e. The average Bonchev–Trinajstić information content (AvgIpc) is 3.01. The third-order valence-electron chi connectivity index (χ3n) is 4.18. The number of nitrogens with one attached hydrogen (secondary N) is 1. The normalized spacial score (nSPS) is 10.9. The van der Waals surface area contributed by atoms with Crippen molar-refractivity contribution in [3.63, 3.8) is 0 Å². The van der Waals surface area contributed by atoms with Gasteiger partial charge in [-0.05, 0) is 55.3 Å². The van der Waals surface area contributed by atoms with E-state index in [0.29, 0.717) is 32.5 Å². The van der Waals surface area contributed by atoms with E-state index in [-0.39, 0.29) is 18.3 Å². The lowest BCUT2D eigenvalue weighted by Crippen LogP contribution is -2.14. The van der Waals surface area contributed by atoms with E-state index >= 15 is 0 Å². The Kier molecular flexibility index (Phi) is 7.52. The lowest BCUT2D eigenvalue weighted by molar-refractivity contribution is -0.113. The van der Waals surface area contributed by atoms with Crippen LogP contribution in [0.1, 0.15) is 17.0 Å². The maximum absolute atomic E-state index is 12.2. The molecule has 1 heterocycles. The van der Waals surface area contributed by atoms with Gasteiger partial charge in [0.15, 0.2) is 11.0 Å². The molecule has 0 spiro atoms. The summed E-state index contributed by atoms with van der Waals surface area (Å²) in [5.41, 5.74) is 2.44. The van der Waals surface area contributed by atoms with Crippen molar-refractivity contribution in [2.45, 2.75) is 25.6 Å². The minimum absolute atomic E-state index is 0.159. The van der Waals surface area contributed by atoms with Gasteiger partial charge in [-0.15, -0.1) is 10.2 Å². The fraction of sp³-hybridized carbons (Fsp3) is 0.250. The maximum Gasteiger partial charge on any atom is 0.234 e. The Labute approximate surface area is 193 Å².